The summed E-state index contributed by atoms with van der Waals surface area (Å²) >= 11 is 0. The number of hydrazine groups is 1. The molecule has 0 aliphatic carbocycles. The Labute approximate surface area is 99.4 Å². The molecule has 0 spiro atoms. The fraction of sp³-hybridized carbons (Fsp3) is 0.273. The van der Waals surface area contributed by atoms with Crippen LogP contribution in [0.1, 0.15) is 11.3 Å². The third-order valence-corrected chi connectivity index (χ3v) is 2.57. The Kier molecular flexibility index (Phi) is 3.24. The first-order chi connectivity index (χ1) is 8.20. The van der Waals surface area contributed by atoms with E-state index in [1.807, 2.05) is 24.9 Å². The van der Waals surface area contributed by atoms with Crippen molar-refractivity contribution in [3.63, 3.8) is 0 Å². The molecule has 6 nitrogen and oxygen atoms in total. The van der Waals surface area contributed by atoms with Crippen molar-refractivity contribution in [2.45, 2.75) is 13.5 Å². The second-order valence-corrected chi connectivity index (χ2v) is 3.76. The van der Waals surface area contributed by atoms with Gasteiger partial charge in [0.05, 0.1) is 6.26 Å². The second kappa shape index (κ2) is 4.84. The van der Waals surface area contributed by atoms with Crippen molar-refractivity contribution in [2.75, 3.05) is 17.4 Å². The van der Waals surface area contributed by atoms with Crippen molar-refractivity contribution in [3.8, 4) is 0 Å². The number of hydrogen-bond donors (Lipinski definition) is 2. The Balaban J connectivity index is 2.14. The topological polar surface area (TPSA) is 80.2 Å². The molecule has 90 valence electrons. The highest BCUT2D eigenvalue weighted by Crippen LogP contribution is 2.17. The average molecular weight is 233 g/mol. The summed E-state index contributed by atoms with van der Waals surface area (Å²) in [7, 11) is 1.95. The van der Waals surface area contributed by atoms with Gasteiger partial charge in [0, 0.05) is 25.2 Å². The monoisotopic (exact) mass is 233 g/mol. The number of nitrogens with one attached hydrogen (secondary N) is 1. The molecular weight excluding hydrogens is 218 g/mol. The summed E-state index contributed by atoms with van der Waals surface area (Å²) in [6.45, 7) is 2.67. The summed E-state index contributed by atoms with van der Waals surface area (Å²) < 4.78 is 5.25. The molecular formula is C11H15N5O. The molecule has 0 aliphatic rings. The second-order valence-electron chi connectivity index (χ2n) is 3.76. The van der Waals surface area contributed by atoms with Gasteiger partial charge in [0.1, 0.15) is 23.7 Å². The van der Waals surface area contributed by atoms with Crippen molar-refractivity contribution < 1.29 is 4.42 Å². The van der Waals surface area contributed by atoms with Crippen LogP contribution in [0.25, 0.3) is 0 Å². The zero-order valence-corrected chi connectivity index (χ0v) is 9.84. The molecule has 0 bridgehead atoms. The van der Waals surface area contributed by atoms with Crippen LogP contribution in [-0.2, 0) is 6.54 Å². The summed E-state index contributed by atoms with van der Waals surface area (Å²) in [6, 6.07) is 3.74. The van der Waals surface area contributed by atoms with Crippen LogP contribution in [0.15, 0.2) is 29.1 Å². The predicted octanol–water partition coefficient (Wildman–Crippen LogP) is 1.30. The lowest BCUT2D eigenvalue weighted by atomic mass is 10.2. The molecule has 0 fully saturated rings. The third kappa shape index (κ3) is 2.54. The number of rotatable bonds is 4. The standard InChI is InChI=1S/C11H15N5O/c1-8-9(3-4-17-8)6-16(2)11-5-10(15-12)13-7-14-11/h3-5,7H,6,12H2,1-2H3,(H,13,14,15). The molecule has 0 radical (unpaired) electrons. The molecule has 0 saturated heterocycles. The predicted molar refractivity (Wildman–Crippen MR) is 65.4 cm³/mol. The fourth-order valence-corrected chi connectivity index (χ4v) is 1.55. The normalized spacial score (nSPS) is 10.3. The summed E-state index contributed by atoms with van der Waals surface area (Å²) in [5.41, 5.74) is 3.63. The Morgan fingerprint density at radius 2 is 2.29 bits per heavy atom. The van der Waals surface area contributed by atoms with Crippen LogP contribution >= 0.6 is 0 Å². The Morgan fingerprint density at radius 3 is 2.94 bits per heavy atom. The van der Waals surface area contributed by atoms with E-state index in [1.165, 1.54) is 6.33 Å². The van der Waals surface area contributed by atoms with Crippen LogP contribution in [-0.4, -0.2) is 17.0 Å². The SMILES string of the molecule is Cc1occc1CN(C)c1cc(NN)ncn1. The average Bonchev–Trinajstić information content (AvgIpc) is 2.75. The first kappa shape index (κ1) is 11.4. The molecule has 0 amide bonds. The molecule has 0 aromatic carbocycles. The summed E-state index contributed by atoms with van der Waals surface area (Å²) in [5.74, 6) is 7.61. The minimum atomic E-state index is 0.589. The van der Waals surface area contributed by atoms with E-state index < -0.39 is 0 Å². The van der Waals surface area contributed by atoms with E-state index in [9.17, 15) is 0 Å². The number of nitrogens with zero attached hydrogens (tertiary/aromatic N) is 3. The highest BCUT2D eigenvalue weighted by atomic mass is 16.3. The summed E-state index contributed by atoms with van der Waals surface area (Å²) in [5, 5.41) is 0. The zero-order chi connectivity index (χ0) is 12.3. The van der Waals surface area contributed by atoms with Gasteiger partial charge in [0.15, 0.2) is 0 Å². The molecule has 6 heteroatoms. The minimum absolute atomic E-state index is 0.589. The highest BCUT2D eigenvalue weighted by Gasteiger charge is 2.08. The molecule has 2 heterocycles. The van der Waals surface area contributed by atoms with Crippen molar-refractivity contribution >= 4 is 11.6 Å². The van der Waals surface area contributed by atoms with E-state index in [0.29, 0.717) is 5.82 Å². The van der Waals surface area contributed by atoms with E-state index in [4.69, 9.17) is 10.3 Å². The van der Waals surface area contributed by atoms with Crippen LogP contribution in [0, 0.1) is 6.92 Å². The van der Waals surface area contributed by atoms with E-state index >= 15 is 0 Å². The quantitative estimate of drug-likeness (QED) is 0.612. The van der Waals surface area contributed by atoms with Gasteiger partial charge in [-0.05, 0) is 13.0 Å². The van der Waals surface area contributed by atoms with E-state index in [1.54, 1.807) is 12.3 Å². The molecule has 17 heavy (non-hydrogen) atoms. The summed E-state index contributed by atoms with van der Waals surface area (Å²) in [6.07, 6.45) is 3.16. The van der Waals surface area contributed by atoms with Gasteiger partial charge < -0.3 is 14.7 Å². The van der Waals surface area contributed by atoms with Gasteiger partial charge in [-0.1, -0.05) is 0 Å². The molecule has 2 aromatic heterocycles. The van der Waals surface area contributed by atoms with Crippen molar-refractivity contribution in [1.29, 1.82) is 0 Å². The maximum atomic E-state index is 5.31. The maximum absolute atomic E-state index is 5.31. The van der Waals surface area contributed by atoms with Crippen molar-refractivity contribution in [2.24, 2.45) is 5.84 Å². The fourth-order valence-electron chi connectivity index (χ4n) is 1.55. The van der Waals surface area contributed by atoms with Gasteiger partial charge in [-0.3, -0.25) is 0 Å². The molecule has 2 rings (SSSR count). The molecule has 2 aromatic rings. The van der Waals surface area contributed by atoms with Crippen molar-refractivity contribution in [3.05, 3.63) is 36.0 Å². The van der Waals surface area contributed by atoms with Gasteiger partial charge in [0.25, 0.3) is 0 Å². The van der Waals surface area contributed by atoms with E-state index in [0.717, 1.165) is 23.7 Å². The van der Waals surface area contributed by atoms with E-state index in [2.05, 4.69) is 15.4 Å². The smallest absolute Gasteiger partial charge is 0.145 e. The largest absolute Gasteiger partial charge is 0.469 e. The lowest BCUT2D eigenvalue weighted by Crippen LogP contribution is -2.19. The molecule has 0 saturated carbocycles. The van der Waals surface area contributed by atoms with Crippen LogP contribution in [0.4, 0.5) is 11.6 Å². The van der Waals surface area contributed by atoms with Crippen LogP contribution in [0.2, 0.25) is 0 Å². The summed E-state index contributed by atoms with van der Waals surface area (Å²) in [4.78, 5) is 10.1. The van der Waals surface area contributed by atoms with Crippen LogP contribution in [0.5, 0.6) is 0 Å². The first-order valence-corrected chi connectivity index (χ1v) is 5.23. The number of anilines is 2. The molecule has 0 aliphatic heterocycles. The van der Waals surface area contributed by atoms with Gasteiger partial charge in [-0.2, -0.15) is 0 Å². The van der Waals surface area contributed by atoms with E-state index in [-0.39, 0.29) is 0 Å². The first-order valence-electron chi connectivity index (χ1n) is 5.23. The highest BCUT2D eigenvalue weighted by molar-refractivity contribution is 5.47. The third-order valence-electron chi connectivity index (χ3n) is 2.57. The number of nitrogens with two attached hydrogens (primary N) is 1. The molecule has 0 unspecified atom stereocenters. The number of aryl methyl sites for hydroxylation is 1. The maximum Gasteiger partial charge on any atom is 0.145 e. The molecule has 3 N–H and O–H groups in total. The Morgan fingerprint density at radius 1 is 1.47 bits per heavy atom. The number of aromatic nitrogens is 2. The minimum Gasteiger partial charge on any atom is -0.469 e. The number of furan rings is 1. The molecule has 0 atom stereocenters. The van der Waals surface area contributed by atoms with Gasteiger partial charge >= 0.3 is 0 Å². The number of hydrogen-bond acceptors (Lipinski definition) is 6. The van der Waals surface area contributed by atoms with Crippen LogP contribution in [0.3, 0.4) is 0 Å². The lowest BCUT2D eigenvalue weighted by Gasteiger charge is -2.17. The Hall–Kier alpha value is -2.08. The van der Waals surface area contributed by atoms with Crippen LogP contribution < -0.4 is 16.2 Å². The van der Waals surface area contributed by atoms with Gasteiger partial charge in [-0.15, -0.1) is 0 Å². The van der Waals surface area contributed by atoms with Crippen molar-refractivity contribution in [1.82, 2.24) is 9.97 Å². The van der Waals surface area contributed by atoms with Gasteiger partial charge in [0.2, 0.25) is 0 Å². The lowest BCUT2D eigenvalue weighted by molar-refractivity contribution is 0.529. The number of nitrogen functional groups attached to an aromatic ring is 1. The Bertz CT molecular complexity index is 496. The zero-order valence-electron chi connectivity index (χ0n) is 9.84. The van der Waals surface area contributed by atoms with Gasteiger partial charge in [-0.25, -0.2) is 15.8 Å².